The predicted octanol–water partition coefficient (Wildman–Crippen LogP) is -0.516. The molecule has 0 aliphatic rings. The van der Waals surface area contributed by atoms with E-state index in [0.717, 1.165) is 18.2 Å². The average molecular weight is 290 g/mol. The Morgan fingerprint density at radius 2 is 1.50 bits per heavy atom. The first kappa shape index (κ1) is 12.1. The summed E-state index contributed by atoms with van der Waals surface area (Å²) in [4.78, 5) is 0. The fourth-order valence-corrected chi connectivity index (χ4v) is 1.25. The third-order valence-corrected chi connectivity index (χ3v) is 2.24. The number of hydrogen-bond donors (Lipinski definition) is 0. The monoisotopic (exact) mass is 288 g/mol. The van der Waals surface area contributed by atoms with Gasteiger partial charge in [-0.15, -0.1) is 0 Å². The summed E-state index contributed by atoms with van der Waals surface area (Å²) in [6.07, 6.45) is 0. The molecule has 1 unspecified atom stereocenters. The van der Waals surface area contributed by atoms with E-state index in [1.54, 1.807) is 0 Å². The van der Waals surface area contributed by atoms with Crippen molar-refractivity contribution in [1.82, 2.24) is 0 Å². The molecular formula is C7H4BrF3Zn. The molecule has 0 N–H and O–H groups in total. The zero-order chi connectivity index (χ0) is 8.43. The molecule has 0 nitrogen and oxygen atoms in total. The Morgan fingerprint density at radius 3 is 1.83 bits per heavy atom. The summed E-state index contributed by atoms with van der Waals surface area (Å²) < 4.78 is 36.1. The Hall–Kier alpha value is 0.113. The minimum atomic E-state index is -1.21. The summed E-state index contributed by atoms with van der Waals surface area (Å²) in [6, 6.07) is 2.75. The molecule has 0 bridgehead atoms. The van der Waals surface area contributed by atoms with Crippen molar-refractivity contribution in [2.75, 3.05) is 0 Å². The fraction of sp³-hybridized carbons (Fsp3) is 0.143. The second kappa shape index (κ2) is 4.98. The van der Waals surface area contributed by atoms with Crippen molar-refractivity contribution in [3.63, 3.8) is 0 Å². The second-order valence-corrected chi connectivity index (χ2v) is 3.67. The van der Waals surface area contributed by atoms with E-state index in [-0.39, 0.29) is 22.5 Å². The van der Waals surface area contributed by atoms with Gasteiger partial charge in [0.05, 0.1) is 0 Å². The summed E-state index contributed by atoms with van der Waals surface area (Å²) in [7, 11) is 0. The first-order valence-electron chi connectivity index (χ1n) is 3.03. The minimum absolute atomic E-state index is 0. The summed E-state index contributed by atoms with van der Waals surface area (Å²) in [5.74, 6) is -1.45. The molecule has 12 heavy (non-hydrogen) atoms. The Balaban J connectivity index is 0.00000121. The molecule has 0 amide bonds. The van der Waals surface area contributed by atoms with E-state index in [1.165, 1.54) is 0 Å². The summed E-state index contributed by atoms with van der Waals surface area (Å²) in [6.45, 7) is 0. The van der Waals surface area contributed by atoms with Gasteiger partial charge in [-0.3, -0.25) is 0 Å². The SMILES string of the molecule is Fc1cc(F)cc([CH](F)[Zn+])c1.[Br-]. The minimum Gasteiger partial charge on any atom is -1.00 e. The van der Waals surface area contributed by atoms with Crippen LogP contribution >= 0.6 is 0 Å². The van der Waals surface area contributed by atoms with Gasteiger partial charge >= 0.3 is 71.6 Å². The summed E-state index contributed by atoms with van der Waals surface area (Å²) in [5, 5.41) is 0. The summed E-state index contributed by atoms with van der Waals surface area (Å²) >= 11 is 0.350. The van der Waals surface area contributed by atoms with Gasteiger partial charge in [-0.1, -0.05) is 0 Å². The predicted molar refractivity (Wildman–Crippen MR) is 30.2 cm³/mol. The van der Waals surface area contributed by atoms with E-state index in [9.17, 15) is 13.2 Å². The Morgan fingerprint density at radius 1 is 1.08 bits per heavy atom. The van der Waals surface area contributed by atoms with E-state index >= 15 is 0 Å². The van der Waals surface area contributed by atoms with Crippen LogP contribution in [0.4, 0.5) is 13.2 Å². The van der Waals surface area contributed by atoms with Gasteiger partial charge in [0.15, 0.2) is 0 Å². The van der Waals surface area contributed by atoms with Gasteiger partial charge in [-0.05, 0) is 0 Å². The van der Waals surface area contributed by atoms with Gasteiger partial charge < -0.3 is 17.0 Å². The molecular weight excluding hydrogens is 286 g/mol. The second-order valence-electron chi connectivity index (χ2n) is 2.17. The van der Waals surface area contributed by atoms with Crippen LogP contribution in [0.5, 0.6) is 0 Å². The van der Waals surface area contributed by atoms with Gasteiger partial charge in [0.2, 0.25) is 0 Å². The third kappa shape index (κ3) is 3.24. The molecule has 1 atom stereocenters. The largest absolute Gasteiger partial charge is 1.00 e. The Bertz CT molecular complexity index is 245. The smallest absolute Gasteiger partial charge is 1.00 e. The number of rotatable bonds is 1. The van der Waals surface area contributed by atoms with Gasteiger partial charge in [-0.25, -0.2) is 0 Å². The molecule has 62 valence electrons. The molecule has 0 aliphatic carbocycles. The number of alkyl halides is 1. The molecule has 0 heterocycles. The molecule has 0 saturated carbocycles. The molecule has 0 saturated heterocycles. The Labute approximate surface area is 88.6 Å². The van der Waals surface area contributed by atoms with E-state index in [2.05, 4.69) is 0 Å². The van der Waals surface area contributed by atoms with Crippen LogP contribution < -0.4 is 17.0 Å². The molecule has 0 fully saturated rings. The molecule has 0 radical (unpaired) electrons. The van der Waals surface area contributed by atoms with Crippen molar-refractivity contribution in [3.8, 4) is 0 Å². The summed E-state index contributed by atoms with van der Waals surface area (Å²) in [5.41, 5.74) is 0.0856. The van der Waals surface area contributed by atoms with Gasteiger partial charge in [0.1, 0.15) is 0 Å². The zero-order valence-corrected chi connectivity index (χ0v) is 10.6. The molecule has 1 aromatic carbocycles. The molecule has 0 aromatic heterocycles. The van der Waals surface area contributed by atoms with Crippen LogP contribution in [0.3, 0.4) is 0 Å². The van der Waals surface area contributed by atoms with Crippen molar-refractivity contribution < 1.29 is 48.5 Å². The normalized spacial score (nSPS) is 12.1. The number of hydrogen-bond acceptors (Lipinski definition) is 0. The van der Waals surface area contributed by atoms with Gasteiger partial charge in [-0.2, -0.15) is 0 Å². The van der Waals surface area contributed by atoms with Crippen LogP contribution in [0.2, 0.25) is 0 Å². The third-order valence-electron chi connectivity index (χ3n) is 1.25. The van der Waals surface area contributed by atoms with Crippen molar-refractivity contribution >= 4 is 0 Å². The van der Waals surface area contributed by atoms with Crippen LogP contribution in [0, 0.1) is 11.6 Å². The van der Waals surface area contributed by atoms with Crippen LogP contribution in [0.25, 0.3) is 0 Å². The van der Waals surface area contributed by atoms with Crippen molar-refractivity contribution in [2.24, 2.45) is 0 Å². The van der Waals surface area contributed by atoms with Crippen LogP contribution in [-0.2, 0) is 18.3 Å². The quantitative estimate of drug-likeness (QED) is 0.611. The average Bonchev–Trinajstić information content (AvgIpc) is 1.85. The van der Waals surface area contributed by atoms with Crippen LogP contribution in [-0.4, -0.2) is 0 Å². The van der Waals surface area contributed by atoms with E-state index in [1.807, 2.05) is 0 Å². The van der Waals surface area contributed by atoms with Crippen LogP contribution in [0.15, 0.2) is 18.2 Å². The maximum atomic E-state index is 12.5. The maximum absolute atomic E-state index is 12.5. The molecule has 1 aromatic rings. The molecule has 0 spiro atoms. The fourth-order valence-electron chi connectivity index (χ4n) is 0.756. The first-order chi connectivity index (χ1) is 5.09. The topological polar surface area (TPSA) is 0 Å². The van der Waals surface area contributed by atoms with Crippen molar-refractivity contribution in [2.45, 2.75) is 4.77 Å². The van der Waals surface area contributed by atoms with Gasteiger partial charge in [0.25, 0.3) is 0 Å². The number of benzene rings is 1. The van der Waals surface area contributed by atoms with E-state index in [0.29, 0.717) is 18.3 Å². The molecule has 5 heteroatoms. The van der Waals surface area contributed by atoms with Crippen LogP contribution in [0.1, 0.15) is 10.3 Å². The van der Waals surface area contributed by atoms with Gasteiger partial charge in [0, 0.05) is 0 Å². The van der Waals surface area contributed by atoms with E-state index in [4.69, 9.17) is 0 Å². The Kier molecular flexibility index (Phi) is 5.02. The van der Waals surface area contributed by atoms with Crippen molar-refractivity contribution in [3.05, 3.63) is 35.4 Å². The first-order valence-corrected chi connectivity index (χ1v) is 4.74. The molecule has 0 aliphatic heterocycles. The number of halogens is 4. The standard InChI is InChI=1S/C7H4F3.BrH.Zn/c8-4-5-1-6(9)3-7(10)2-5;;/h1-4H;1H;/q;;+1/p-1. The van der Waals surface area contributed by atoms with Crippen molar-refractivity contribution in [1.29, 1.82) is 0 Å². The maximum Gasteiger partial charge on any atom is -1.00 e. The van der Waals surface area contributed by atoms with E-state index < -0.39 is 16.4 Å². The molecule has 1 rings (SSSR count). The zero-order valence-electron chi connectivity index (χ0n) is 6.03.